The molecule has 3 aromatic rings. The van der Waals surface area contributed by atoms with E-state index in [4.69, 9.17) is 16.0 Å². The Morgan fingerprint density at radius 2 is 2.12 bits per heavy atom. The Labute approximate surface area is 158 Å². The van der Waals surface area contributed by atoms with Gasteiger partial charge in [0.15, 0.2) is 0 Å². The normalized spacial score (nSPS) is 12.1. The highest BCUT2D eigenvalue weighted by Crippen LogP contribution is 2.24. The molecule has 0 aliphatic heterocycles. The van der Waals surface area contributed by atoms with Gasteiger partial charge >= 0.3 is 0 Å². The third-order valence-corrected chi connectivity index (χ3v) is 5.21. The van der Waals surface area contributed by atoms with E-state index < -0.39 is 0 Å². The second-order valence-corrected chi connectivity index (χ2v) is 8.04. The van der Waals surface area contributed by atoms with Gasteiger partial charge in [-0.2, -0.15) is 0 Å². The number of anilines is 1. The Kier molecular flexibility index (Phi) is 5.72. The summed E-state index contributed by atoms with van der Waals surface area (Å²) in [5.74, 6) is 0.334. The van der Waals surface area contributed by atoms with Crippen molar-refractivity contribution in [1.29, 1.82) is 0 Å². The van der Waals surface area contributed by atoms with Crippen LogP contribution in [0.1, 0.15) is 23.5 Å². The van der Waals surface area contributed by atoms with Crippen molar-refractivity contribution >= 4 is 46.3 Å². The van der Waals surface area contributed by atoms with Crippen molar-refractivity contribution in [3.63, 3.8) is 0 Å². The molecule has 1 aromatic carbocycles. The lowest BCUT2D eigenvalue weighted by atomic mass is 10.3. The third kappa shape index (κ3) is 5.04. The molecular weight excluding hydrogens is 380 g/mol. The van der Waals surface area contributed by atoms with E-state index in [2.05, 4.69) is 20.5 Å². The molecule has 1 N–H and O–H groups in total. The van der Waals surface area contributed by atoms with Gasteiger partial charge in [0.25, 0.3) is 5.22 Å². The summed E-state index contributed by atoms with van der Waals surface area (Å²) >= 11 is 8.63. The topological polar surface area (TPSA) is 80.9 Å². The summed E-state index contributed by atoms with van der Waals surface area (Å²) in [5, 5.41) is 14.4. The minimum absolute atomic E-state index is 0.151. The molecule has 0 radical (unpaired) electrons. The van der Waals surface area contributed by atoms with Crippen LogP contribution in [-0.2, 0) is 11.2 Å². The van der Waals surface area contributed by atoms with E-state index in [1.54, 1.807) is 42.5 Å². The molecule has 130 valence electrons. The number of hydrogen-bond acceptors (Lipinski definition) is 7. The fourth-order valence-electron chi connectivity index (χ4n) is 1.98. The van der Waals surface area contributed by atoms with E-state index in [1.165, 1.54) is 11.8 Å². The summed E-state index contributed by atoms with van der Waals surface area (Å²) in [6.07, 6.45) is 0.489. The molecule has 0 saturated carbocycles. The smallest absolute Gasteiger partial charge is 0.277 e. The maximum absolute atomic E-state index is 12.2. The molecule has 1 amide bonds. The monoisotopic (exact) mass is 394 g/mol. The molecule has 25 heavy (non-hydrogen) atoms. The summed E-state index contributed by atoms with van der Waals surface area (Å²) in [6.45, 7) is 3.73. The summed E-state index contributed by atoms with van der Waals surface area (Å²) < 4.78 is 5.59. The van der Waals surface area contributed by atoms with Gasteiger partial charge in [0.1, 0.15) is 0 Å². The molecule has 2 aromatic heterocycles. The Morgan fingerprint density at radius 3 is 2.80 bits per heavy atom. The van der Waals surface area contributed by atoms with Crippen molar-refractivity contribution in [2.75, 3.05) is 5.32 Å². The number of hydrogen-bond donors (Lipinski definition) is 1. The lowest BCUT2D eigenvalue weighted by molar-refractivity contribution is -0.115. The van der Waals surface area contributed by atoms with Gasteiger partial charge < -0.3 is 9.73 Å². The molecule has 1 atom stereocenters. The standard InChI is InChI=1S/C16H15ClN4O2S2/c1-9(15(22)19-12-5-3-11(17)4-6-12)25-16-21-20-14(23-16)7-13-8-24-10(2)18-13/h3-6,8-9H,7H2,1-2H3,(H,19,22)/t9-/m1/s1. The predicted molar refractivity (Wildman–Crippen MR) is 99.4 cm³/mol. The number of nitrogens with one attached hydrogen (secondary N) is 1. The SMILES string of the molecule is Cc1nc(Cc2nnc(S[C@H](C)C(=O)Nc3ccc(Cl)cc3)o2)cs1. The van der Waals surface area contributed by atoms with E-state index in [9.17, 15) is 4.79 Å². The molecule has 0 saturated heterocycles. The number of nitrogens with zero attached hydrogens (tertiary/aromatic N) is 3. The summed E-state index contributed by atoms with van der Waals surface area (Å²) in [7, 11) is 0. The second kappa shape index (κ2) is 7.99. The van der Waals surface area contributed by atoms with Gasteiger partial charge in [0.05, 0.1) is 22.4 Å². The molecule has 9 heteroatoms. The fourth-order valence-corrected chi connectivity index (χ4v) is 3.42. The lowest BCUT2D eigenvalue weighted by Gasteiger charge is -2.09. The van der Waals surface area contributed by atoms with Crippen molar-refractivity contribution in [2.45, 2.75) is 30.7 Å². The van der Waals surface area contributed by atoms with E-state index in [-0.39, 0.29) is 11.2 Å². The molecule has 2 heterocycles. The third-order valence-electron chi connectivity index (χ3n) is 3.21. The van der Waals surface area contributed by atoms with Gasteiger partial charge in [0.2, 0.25) is 11.8 Å². The first-order valence-corrected chi connectivity index (χ1v) is 9.60. The van der Waals surface area contributed by atoms with Crippen molar-refractivity contribution in [1.82, 2.24) is 15.2 Å². The van der Waals surface area contributed by atoms with Crippen molar-refractivity contribution < 1.29 is 9.21 Å². The Balaban J connectivity index is 1.56. The van der Waals surface area contributed by atoms with Gasteiger partial charge in [-0.15, -0.1) is 21.5 Å². The lowest BCUT2D eigenvalue weighted by Crippen LogP contribution is -2.22. The van der Waals surface area contributed by atoms with E-state index in [1.807, 2.05) is 12.3 Å². The van der Waals surface area contributed by atoms with Crippen molar-refractivity contribution in [3.8, 4) is 0 Å². The molecule has 0 aliphatic rings. The number of thioether (sulfide) groups is 1. The van der Waals surface area contributed by atoms with Gasteiger partial charge in [-0.1, -0.05) is 23.4 Å². The Morgan fingerprint density at radius 1 is 1.36 bits per heavy atom. The number of benzene rings is 1. The van der Waals surface area contributed by atoms with Gasteiger partial charge in [-0.25, -0.2) is 4.98 Å². The number of rotatable bonds is 6. The molecule has 0 spiro atoms. The zero-order valence-corrected chi connectivity index (χ0v) is 15.9. The number of halogens is 1. The van der Waals surface area contributed by atoms with Crippen molar-refractivity contribution in [3.05, 3.63) is 51.3 Å². The number of aromatic nitrogens is 3. The molecule has 6 nitrogen and oxygen atoms in total. The highest BCUT2D eigenvalue weighted by atomic mass is 35.5. The van der Waals surface area contributed by atoms with Gasteiger partial charge in [-0.3, -0.25) is 4.79 Å². The molecule has 0 aliphatic carbocycles. The van der Waals surface area contributed by atoms with Gasteiger partial charge in [-0.05, 0) is 38.1 Å². The van der Waals surface area contributed by atoms with Crippen LogP contribution >= 0.6 is 34.7 Å². The molecular formula is C16H15ClN4O2S2. The molecule has 3 rings (SSSR count). The Bertz CT molecular complexity index is 863. The van der Waals surface area contributed by atoms with E-state index >= 15 is 0 Å². The van der Waals surface area contributed by atoms with Crippen LogP contribution in [0.15, 0.2) is 39.3 Å². The highest BCUT2D eigenvalue weighted by Gasteiger charge is 2.19. The number of aryl methyl sites for hydroxylation is 1. The quantitative estimate of drug-likeness (QED) is 0.631. The average molecular weight is 395 g/mol. The summed E-state index contributed by atoms with van der Waals surface area (Å²) in [4.78, 5) is 16.6. The van der Waals surface area contributed by atoms with Crippen molar-refractivity contribution in [2.24, 2.45) is 0 Å². The highest BCUT2D eigenvalue weighted by molar-refractivity contribution is 8.00. The molecule has 0 unspecified atom stereocenters. The van der Waals surface area contributed by atoms with Gasteiger partial charge in [0, 0.05) is 16.1 Å². The summed E-state index contributed by atoms with van der Waals surface area (Å²) in [6, 6.07) is 6.94. The fraction of sp³-hybridized carbons (Fsp3) is 0.250. The maximum atomic E-state index is 12.2. The number of carbonyl (C=O) groups is 1. The number of thiazole rings is 1. The first kappa shape index (κ1) is 17.9. The van der Waals surface area contributed by atoms with Crippen LogP contribution < -0.4 is 5.32 Å². The first-order valence-electron chi connectivity index (χ1n) is 7.46. The van der Waals surface area contributed by atoms with Crippen LogP contribution in [0.3, 0.4) is 0 Å². The zero-order chi connectivity index (χ0) is 17.8. The van der Waals surface area contributed by atoms with Crippen LogP contribution in [-0.4, -0.2) is 26.3 Å². The average Bonchev–Trinajstić information content (AvgIpc) is 3.19. The van der Waals surface area contributed by atoms with E-state index in [0.717, 1.165) is 10.7 Å². The predicted octanol–water partition coefficient (Wildman–Crippen LogP) is 4.20. The number of carbonyl (C=O) groups excluding carboxylic acids is 1. The number of amides is 1. The maximum Gasteiger partial charge on any atom is 0.277 e. The van der Waals surface area contributed by atoms with Crippen LogP contribution in [0.2, 0.25) is 5.02 Å². The molecule has 0 fully saturated rings. The summed E-state index contributed by atoms with van der Waals surface area (Å²) in [5.41, 5.74) is 1.59. The largest absolute Gasteiger partial charge is 0.416 e. The van der Waals surface area contributed by atoms with E-state index in [0.29, 0.717) is 28.2 Å². The Hall–Kier alpha value is -1.90. The van der Waals surface area contributed by atoms with Crippen LogP contribution in [0.4, 0.5) is 5.69 Å². The van der Waals surface area contributed by atoms with Crippen LogP contribution in [0, 0.1) is 6.92 Å². The molecule has 0 bridgehead atoms. The van der Waals surface area contributed by atoms with Crippen LogP contribution in [0.5, 0.6) is 0 Å². The zero-order valence-electron chi connectivity index (χ0n) is 13.5. The minimum Gasteiger partial charge on any atom is -0.416 e. The second-order valence-electron chi connectivity index (χ2n) is 5.25. The minimum atomic E-state index is -0.384. The first-order chi connectivity index (χ1) is 12.0. The van der Waals surface area contributed by atoms with Crippen LogP contribution in [0.25, 0.3) is 0 Å².